The van der Waals surface area contributed by atoms with E-state index in [9.17, 15) is 4.79 Å². The van der Waals surface area contributed by atoms with Gasteiger partial charge in [0, 0.05) is 23.7 Å². The van der Waals surface area contributed by atoms with Crippen LogP contribution < -0.4 is 0 Å². The molecule has 0 amide bonds. The summed E-state index contributed by atoms with van der Waals surface area (Å²) in [6, 6.07) is 3.72. The number of nitrogens with zero attached hydrogens (tertiary/aromatic N) is 2. The van der Waals surface area contributed by atoms with Crippen molar-refractivity contribution >= 4 is 6.29 Å². The fourth-order valence-corrected chi connectivity index (χ4v) is 1.33. The number of imidazole rings is 1. The van der Waals surface area contributed by atoms with Crippen molar-refractivity contribution in [3.8, 4) is 11.3 Å². The number of carbonyl (C=O) groups excluding carboxylic acids is 1. The molecule has 4 heteroatoms. The molecular weight excluding hydrogens is 178 g/mol. The Morgan fingerprint density at radius 2 is 2.07 bits per heavy atom. The lowest BCUT2D eigenvalue weighted by molar-refractivity contribution is 0.111. The number of rotatable bonds is 2. The molecule has 0 atom stereocenters. The lowest BCUT2D eigenvalue weighted by Crippen LogP contribution is -1.82. The van der Waals surface area contributed by atoms with Gasteiger partial charge >= 0.3 is 0 Å². The summed E-state index contributed by atoms with van der Waals surface area (Å²) in [5, 5.41) is 0. The van der Waals surface area contributed by atoms with Crippen molar-refractivity contribution in [1.29, 1.82) is 0 Å². The zero-order chi connectivity index (χ0) is 9.97. The van der Waals surface area contributed by atoms with Crippen LogP contribution in [0.5, 0.6) is 0 Å². The van der Waals surface area contributed by atoms with Crippen molar-refractivity contribution in [3.63, 3.8) is 0 Å². The highest BCUT2D eigenvalue weighted by molar-refractivity contribution is 5.73. The predicted octanol–water partition coefficient (Wildman–Crippen LogP) is 1.59. The van der Waals surface area contributed by atoms with Gasteiger partial charge in [-0.25, -0.2) is 4.98 Å². The average Bonchev–Trinajstić information content (AvgIpc) is 2.61. The number of hydrogen-bond donors (Lipinski definition) is 1. The van der Waals surface area contributed by atoms with E-state index in [1.54, 1.807) is 12.4 Å². The second-order valence-corrected chi connectivity index (χ2v) is 2.95. The van der Waals surface area contributed by atoms with Crippen molar-refractivity contribution in [1.82, 2.24) is 15.0 Å². The highest BCUT2D eigenvalue weighted by atomic mass is 16.1. The molecule has 0 fully saturated rings. The minimum absolute atomic E-state index is 0.356. The largest absolute Gasteiger partial charge is 0.339 e. The van der Waals surface area contributed by atoms with E-state index in [0.717, 1.165) is 17.0 Å². The van der Waals surface area contributed by atoms with Crippen LogP contribution in [0.4, 0.5) is 0 Å². The van der Waals surface area contributed by atoms with Crippen LogP contribution in [0.1, 0.15) is 16.3 Å². The van der Waals surface area contributed by atoms with Gasteiger partial charge in [-0.3, -0.25) is 9.78 Å². The van der Waals surface area contributed by atoms with E-state index in [4.69, 9.17) is 0 Å². The summed E-state index contributed by atoms with van der Waals surface area (Å²) in [5.74, 6) is 0.356. The lowest BCUT2D eigenvalue weighted by Gasteiger charge is -1.95. The molecule has 1 N–H and O–H groups in total. The molecule has 0 radical (unpaired) electrons. The third-order valence-electron chi connectivity index (χ3n) is 1.97. The van der Waals surface area contributed by atoms with Crippen LogP contribution in [0.25, 0.3) is 11.3 Å². The van der Waals surface area contributed by atoms with Crippen molar-refractivity contribution in [2.45, 2.75) is 6.92 Å². The number of aldehydes is 1. The molecule has 0 bridgehead atoms. The van der Waals surface area contributed by atoms with Gasteiger partial charge in [-0.2, -0.15) is 0 Å². The molecule has 4 nitrogen and oxygen atoms in total. The standard InChI is InChI=1S/C10H9N3O/c1-7-10(13-9(6-14)12-7)8-2-4-11-5-3-8/h2-6H,1H3,(H,12,13). The number of aromatic amines is 1. The Balaban J connectivity index is 2.51. The second kappa shape index (κ2) is 3.41. The number of hydrogen-bond acceptors (Lipinski definition) is 3. The maximum absolute atomic E-state index is 10.5. The van der Waals surface area contributed by atoms with Crippen molar-refractivity contribution in [2.75, 3.05) is 0 Å². The Kier molecular flexibility index (Phi) is 2.10. The molecule has 0 aromatic carbocycles. The Morgan fingerprint density at radius 1 is 1.36 bits per heavy atom. The van der Waals surface area contributed by atoms with E-state index in [1.807, 2.05) is 19.1 Å². The highest BCUT2D eigenvalue weighted by Crippen LogP contribution is 2.19. The highest BCUT2D eigenvalue weighted by Gasteiger charge is 2.07. The third-order valence-corrected chi connectivity index (χ3v) is 1.97. The van der Waals surface area contributed by atoms with E-state index in [2.05, 4.69) is 15.0 Å². The SMILES string of the molecule is Cc1[nH]c(C=O)nc1-c1ccncc1. The first kappa shape index (κ1) is 8.62. The quantitative estimate of drug-likeness (QED) is 0.726. The smallest absolute Gasteiger partial charge is 0.185 e. The van der Waals surface area contributed by atoms with Gasteiger partial charge in [-0.05, 0) is 19.1 Å². The summed E-state index contributed by atoms with van der Waals surface area (Å²) < 4.78 is 0. The minimum Gasteiger partial charge on any atom is -0.339 e. The molecular formula is C10H9N3O. The van der Waals surface area contributed by atoms with E-state index in [0.29, 0.717) is 12.1 Å². The van der Waals surface area contributed by atoms with E-state index >= 15 is 0 Å². The predicted molar refractivity (Wildman–Crippen MR) is 51.9 cm³/mol. The molecule has 0 spiro atoms. The van der Waals surface area contributed by atoms with Crippen molar-refractivity contribution < 1.29 is 4.79 Å². The number of nitrogens with one attached hydrogen (secondary N) is 1. The number of aryl methyl sites for hydroxylation is 1. The molecule has 2 aromatic rings. The van der Waals surface area contributed by atoms with Gasteiger partial charge in [-0.15, -0.1) is 0 Å². The van der Waals surface area contributed by atoms with Crippen LogP contribution in [0.15, 0.2) is 24.5 Å². The zero-order valence-corrected chi connectivity index (χ0v) is 7.69. The normalized spacial score (nSPS) is 10.1. The molecule has 0 aliphatic heterocycles. The monoisotopic (exact) mass is 187 g/mol. The summed E-state index contributed by atoms with van der Waals surface area (Å²) in [6.07, 6.45) is 4.10. The van der Waals surface area contributed by atoms with Gasteiger partial charge in [0.15, 0.2) is 12.1 Å². The third kappa shape index (κ3) is 1.42. The number of carbonyl (C=O) groups is 1. The van der Waals surface area contributed by atoms with E-state index < -0.39 is 0 Å². The molecule has 2 heterocycles. The first-order valence-electron chi connectivity index (χ1n) is 4.23. The van der Waals surface area contributed by atoms with Gasteiger partial charge in [0.05, 0.1) is 5.69 Å². The maximum atomic E-state index is 10.5. The van der Waals surface area contributed by atoms with Crippen LogP contribution in [-0.4, -0.2) is 21.2 Å². The first-order chi connectivity index (χ1) is 6.81. The molecule has 0 aliphatic carbocycles. The Labute approximate surface area is 81.0 Å². The van der Waals surface area contributed by atoms with Gasteiger partial charge in [0.2, 0.25) is 0 Å². The molecule has 0 saturated carbocycles. The number of H-pyrrole nitrogens is 1. The van der Waals surface area contributed by atoms with Crippen LogP contribution in [-0.2, 0) is 0 Å². The summed E-state index contributed by atoms with van der Waals surface area (Å²) in [5.41, 5.74) is 2.65. The number of pyridine rings is 1. The topological polar surface area (TPSA) is 58.6 Å². The lowest BCUT2D eigenvalue weighted by atomic mass is 10.2. The molecule has 0 unspecified atom stereocenters. The van der Waals surface area contributed by atoms with Crippen LogP contribution in [0, 0.1) is 6.92 Å². The minimum atomic E-state index is 0.356. The van der Waals surface area contributed by atoms with Gasteiger partial charge in [0.25, 0.3) is 0 Å². The maximum Gasteiger partial charge on any atom is 0.185 e. The van der Waals surface area contributed by atoms with Gasteiger partial charge in [-0.1, -0.05) is 0 Å². The van der Waals surface area contributed by atoms with Crippen LogP contribution >= 0.6 is 0 Å². The molecule has 0 aliphatic rings. The fourth-order valence-electron chi connectivity index (χ4n) is 1.33. The molecule has 14 heavy (non-hydrogen) atoms. The Morgan fingerprint density at radius 3 is 2.64 bits per heavy atom. The average molecular weight is 187 g/mol. The van der Waals surface area contributed by atoms with Crippen molar-refractivity contribution in [3.05, 3.63) is 36.0 Å². The number of aromatic nitrogens is 3. The Hall–Kier alpha value is -1.97. The second-order valence-electron chi connectivity index (χ2n) is 2.95. The zero-order valence-electron chi connectivity index (χ0n) is 7.69. The van der Waals surface area contributed by atoms with Gasteiger partial charge < -0.3 is 4.98 Å². The molecule has 2 aromatic heterocycles. The molecule has 2 rings (SSSR count). The summed E-state index contributed by atoms with van der Waals surface area (Å²) >= 11 is 0. The van der Waals surface area contributed by atoms with Crippen molar-refractivity contribution in [2.24, 2.45) is 0 Å². The van der Waals surface area contributed by atoms with E-state index in [-0.39, 0.29) is 0 Å². The van der Waals surface area contributed by atoms with Crippen LogP contribution in [0.2, 0.25) is 0 Å². The summed E-state index contributed by atoms with van der Waals surface area (Å²) in [6.45, 7) is 1.88. The fraction of sp³-hybridized carbons (Fsp3) is 0.100. The Bertz CT molecular complexity index is 448. The van der Waals surface area contributed by atoms with E-state index in [1.165, 1.54) is 0 Å². The van der Waals surface area contributed by atoms with Gasteiger partial charge in [0.1, 0.15) is 0 Å². The summed E-state index contributed by atoms with van der Waals surface area (Å²) in [4.78, 5) is 21.5. The molecule has 0 saturated heterocycles. The molecule has 70 valence electrons. The summed E-state index contributed by atoms with van der Waals surface area (Å²) in [7, 11) is 0. The van der Waals surface area contributed by atoms with Crippen LogP contribution in [0.3, 0.4) is 0 Å². The first-order valence-corrected chi connectivity index (χ1v) is 4.23.